The van der Waals surface area contributed by atoms with Gasteiger partial charge in [-0.05, 0) is 37.1 Å². The van der Waals surface area contributed by atoms with Crippen molar-refractivity contribution in [3.05, 3.63) is 64.7 Å². The fourth-order valence-electron chi connectivity index (χ4n) is 1.65. The Morgan fingerprint density at radius 2 is 1.84 bits per heavy atom. The van der Waals surface area contributed by atoms with Crippen LogP contribution in [0.25, 0.3) is 0 Å². The van der Waals surface area contributed by atoms with Gasteiger partial charge in [-0.15, -0.1) is 0 Å². The molecule has 0 bridgehead atoms. The van der Waals surface area contributed by atoms with Gasteiger partial charge in [-0.1, -0.05) is 23.8 Å². The van der Waals surface area contributed by atoms with Gasteiger partial charge in [0.2, 0.25) is 0 Å². The Hall–Kier alpha value is -2.23. The number of benzene rings is 2. The van der Waals surface area contributed by atoms with Crippen LogP contribution in [0.1, 0.15) is 16.7 Å². The zero-order valence-corrected chi connectivity index (χ0v) is 10.7. The van der Waals surface area contributed by atoms with Crippen LogP contribution in [0.3, 0.4) is 0 Å². The van der Waals surface area contributed by atoms with E-state index in [0.29, 0.717) is 0 Å². The molecular weight excluding hydrogens is 246 g/mol. The van der Waals surface area contributed by atoms with Crippen LogP contribution in [0.2, 0.25) is 0 Å². The fraction of sp³-hybridized carbons (Fsp3) is 0.133. The van der Waals surface area contributed by atoms with E-state index in [1.165, 1.54) is 12.1 Å². The molecule has 2 rings (SSSR count). The molecule has 0 amide bonds. The van der Waals surface area contributed by atoms with Crippen LogP contribution in [0.15, 0.2) is 41.5 Å². The Bertz CT molecular complexity index is 622. The second-order valence-electron chi connectivity index (χ2n) is 4.35. The number of nitrogens with one attached hydrogen (secondary N) is 1. The summed E-state index contributed by atoms with van der Waals surface area (Å²) < 4.78 is 26.1. The summed E-state index contributed by atoms with van der Waals surface area (Å²) in [7, 11) is 0. The van der Waals surface area contributed by atoms with Crippen LogP contribution in [0.5, 0.6) is 0 Å². The van der Waals surface area contributed by atoms with Gasteiger partial charge in [0.15, 0.2) is 5.82 Å². The molecule has 0 heterocycles. The number of hydrogen-bond acceptors (Lipinski definition) is 2. The van der Waals surface area contributed by atoms with E-state index in [9.17, 15) is 8.78 Å². The van der Waals surface area contributed by atoms with Crippen molar-refractivity contribution >= 4 is 11.9 Å². The summed E-state index contributed by atoms with van der Waals surface area (Å²) in [4.78, 5) is 0. The molecule has 0 fully saturated rings. The highest BCUT2D eigenvalue weighted by molar-refractivity contribution is 5.82. The minimum absolute atomic E-state index is 0.142. The monoisotopic (exact) mass is 260 g/mol. The third kappa shape index (κ3) is 3.37. The van der Waals surface area contributed by atoms with E-state index in [4.69, 9.17) is 0 Å². The Balaban J connectivity index is 2.13. The van der Waals surface area contributed by atoms with Gasteiger partial charge in [-0.25, -0.2) is 8.78 Å². The average Bonchev–Trinajstić information content (AvgIpc) is 2.36. The van der Waals surface area contributed by atoms with Crippen molar-refractivity contribution in [1.82, 2.24) is 0 Å². The van der Waals surface area contributed by atoms with Crippen molar-refractivity contribution in [2.45, 2.75) is 13.8 Å². The summed E-state index contributed by atoms with van der Waals surface area (Å²) in [5.74, 6) is -1.28. The summed E-state index contributed by atoms with van der Waals surface area (Å²) in [6.07, 6.45) is 1.62. The number of aryl methyl sites for hydroxylation is 2. The third-order valence-electron chi connectivity index (χ3n) is 2.75. The molecule has 0 saturated carbocycles. The van der Waals surface area contributed by atoms with Crippen LogP contribution >= 0.6 is 0 Å². The number of rotatable bonds is 3. The first kappa shape index (κ1) is 13.2. The molecule has 0 aliphatic carbocycles. The zero-order chi connectivity index (χ0) is 13.8. The third-order valence-corrected chi connectivity index (χ3v) is 2.75. The lowest BCUT2D eigenvalue weighted by molar-refractivity contribution is 0.585. The predicted molar refractivity (Wildman–Crippen MR) is 73.5 cm³/mol. The van der Waals surface area contributed by atoms with E-state index in [1.54, 1.807) is 6.21 Å². The van der Waals surface area contributed by atoms with Gasteiger partial charge in [-0.2, -0.15) is 5.10 Å². The maximum atomic E-state index is 13.3. The number of halogens is 2. The molecular formula is C15H14F2N2. The normalized spacial score (nSPS) is 10.9. The van der Waals surface area contributed by atoms with Crippen LogP contribution in [0, 0.1) is 25.5 Å². The smallest absolute Gasteiger partial charge is 0.151 e. The summed E-state index contributed by atoms with van der Waals surface area (Å²) in [5, 5.41) is 3.97. The number of hydrazone groups is 1. The summed E-state index contributed by atoms with van der Waals surface area (Å²) in [6.45, 7) is 3.96. The summed E-state index contributed by atoms with van der Waals surface area (Å²) >= 11 is 0. The molecule has 0 aromatic heterocycles. The molecule has 0 unspecified atom stereocenters. The van der Waals surface area contributed by atoms with Gasteiger partial charge in [0.05, 0.1) is 11.9 Å². The van der Waals surface area contributed by atoms with Gasteiger partial charge in [0.1, 0.15) is 5.82 Å². The summed E-state index contributed by atoms with van der Waals surface area (Å²) in [6, 6.07) is 9.30. The van der Waals surface area contributed by atoms with Crippen molar-refractivity contribution in [2.75, 3.05) is 5.43 Å². The molecule has 4 heteroatoms. The van der Waals surface area contributed by atoms with Crippen molar-refractivity contribution in [1.29, 1.82) is 0 Å². The predicted octanol–water partition coefficient (Wildman–Crippen LogP) is 4.03. The second kappa shape index (κ2) is 5.61. The van der Waals surface area contributed by atoms with Crippen molar-refractivity contribution in [3.63, 3.8) is 0 Å². The lowest BCUT2D eigenvalue weighted by Crippen LogP contribution is -1.96. The van der Waals surface area contributed by atoms with Crippen LogP contribution in [-0.4, -0.2) is 6.21 Å². The maximum Gasteiger partial charge on any atom is 0.151 e. The standard InChI is InChI=1S/C15H14F2N2/c1-10-3-4-11(2)12(7-10)9-18-19-15-6-5-13(16)8-14(15)17/h3-9,19H,1-2H3/b18-9+. The molecule has 2 nitrogen and oxygen atoms in total. The van der Waals surface area contributed by atoms with Crippen LogP contribution in [0.4, 0.5) is 14.5 Å². The molecule has 0 saturated heterocycles. The largest absolute Gasteiger partial charge is 0.276 e. The fourth-order valence-corrected chi connectivity index (χ4v) is 1.65. The van der Waals surface area contributed by atoms with E-state index in [1.807, 2.05) is 32.0 Å². The molecule has 98 valence electrons. The van der Waals surface area contributed by atoms with Gasteiger partial charge in [-0.3, -0.25) is 5.43 Å². The first-order valence-electron chi connectivity index (χ1n) is 5.87. The second-order valence-corrected chi connectivity index (χ2v) is 4.35. The van der Waals surface area contributed by atoms with E-state index < -0.39 is 11.6 Å². The molecule has 0 aliphatic heterocycles. The van der Waals surface area contributed by atoms with Gasteiger partial charge in [0, 0.05) is 6.07 Å². The topological polar surface area (TPSA) is 24.4 Å². The Morgan fingerprint density at radius 1 is 1.05 bits per heavy atom. The molecule has 1 N–H and O–H groups in total. The number of hydrogen-bond donors (Lipinski definition) is 1. The Morgan fingerprint density at radius 3 is 2.58 bits per heavy atom. The van der Waals surface area contributed by atoms with Crippen molar-refractivity contribution in [3.8, 4) is 0 Å². The van der Waals surface area contributed by atoms with Crippen LogP contribution in [-0.2, 0) is 0 Å². The SMILES string of the molecule is Cc1ccc(C)c(/C=N/Nc2ccc(F)cc2F)c1. The molecule has 0 radical (unpaired) electrons. The van der Waals surface area contributed by atoms with Gasteiger partial charge >= 0.3 is 0 Å². The lowest BCUT2D eigenvalue weighted by atomic mass is 10.1. The minimum atomic E-state index is -0.668. The molecule has 0 spiro atoms. The zero-order valence-electron chi connectivity index (χ0n) is 10.7. The van der Waals surface area contributed by atoms with E-state index in [2.05, 4.69) is 10.5 Å². The first-order valence-corrected chi connectivity index (χ1v) is 5.87. The van der Waals surface area contributed by atoms with Crippen LogP contribution < -0.4 is 5.43 Å². The molecule has 0 atom stereocenters. The quantitative estimate of drug-likeness (QED) is 0.654. The van der Waals surface area contributed by atoms with Crippen molar-refractivity contribution in [2.24, 2.45) is 5.10 Å². The number of nitrogens with zero attached hydrogens (tertiary/aromatic N) is 1. The molecule has 2 aromatic rings. The first-order chi connectivity index (χ1) is 9.06. The van der Waals surface area contributed by atoms with Crippen molar-refractivity contribution < 1.29 is 8.78 Å². The lowest BCUT2D eigenvalue weighted by Gasteiger charge is -2.03. The van der Waals surface area contributed by atoms with E-state index in [0.717, 1.165) is 22.8 Å². The Kier molecular flexibility index (Phi) is 3.90. The molecule has 19 heavy (non-hydrogen) atoms. The highest BCUT2D eigenvalue weighted by Gasteiger charge is 2.01. The van der Waals surface area contributed by atoms with Gasteiger partial charge in [0.25, 0.3) is 0 Å². The van der Waals surface area contributed by atoms with E-state index in [-0.39, 0.29) is 5.69 Å². The highest BCUT2D eigenvalue weighted by Crippen LogP contribution is 2.15. The molecule has 2 aromatic carbocycles. The van der Waals surface area contributed by atoms with E-state index >= 15 is 0 Å². The van der Waals surface area contributed by atoms with Gasteiger partial charge < -0.3 is 0 Å². The highest BCUT2D eigenvalue weighted by atomic mass is 19.1. The molecule has 0 aliphatic rings. The maximum absolute atomic E-state index is 13.3. The average molecular weight is 260 g/mol. The Labute approximate surface area is 110 Å². The minimum Gasteiger partial charge on any atom is -0.276 e. The number of anilines is 1. The summed E-state index contributed by atoms with van der Waals surface area (Å²) in [5.41, 5.74) is 5.86.